The second-order valence-corrected chi connectivity index (χ2v) is 4.78. The van der Waals surface area contributed by atoms with E-state index >= 15 is 0 Å². The predicted octanol–water partition coefficient (Wildman–Crippen LogP) is 3.70. The molecule has 2 nitrogen and oxygen atoms in total. The molecule has 0 aliphatic carbocycles. The van der Waals surface area contributed by atoms with E-state index in [0.29, 0.717) is 31.7 Å². The van der Waals surface area contributed by atoms with Gasteiger partial charge in [-0.1, -0.05) is 12.1 Å². The highest BCUT2D eigenvalue weighted by molar-refractivity contribution is 5.27. The van der Waals surface area contributed by atoms with Crippen LogP contribution in [0.5, 0.6) is 5.75 Å². The highest BCUT2D eigenvalue weighted by atomic mass is 19.1. The third-order valence-electron chi connectivity index (χ3n) is 3.08. The lowest BCUT2D eigenvalue weighted by Gasteiger charge is -2.07. The molecular weight excluding hydrogens is 272 g/mol. The lowest BCUT2D eigenvalue weighted by molar-refractivity contribution is 0.340. The van der Waals surface area contributed by atoms with Crippen molar-refractivity contribution in [1.82, 2.24) is 5.32 Å². The summed E-state index contributed by atoms with van der Waals surface area (Å²) >= 11 is 0. The Kier molecular flexibility index (Phi) is 5.69. The van der Waals surface area contributed by atoms with Crippen LogP contribution < -0.4 is 10.1 Å². The Balaban J connectivity index is 1.76. The molecule has 112 valence electrons. The van der Waals surface area contributed by atoms with Crippen LogP contribution in [0.25, 0.3) is 0 Å². The standard InChI is InChI=1S/C17H19F2NO/c1-2-21-17-5-3-13(4-6-17)12-20-8-7-14-9-15(18)11-16(19)10-14/h3-6,9-11,20H,2,7-8,12H2,1H3. The molecule has 0 aliphatic rings. The van der Waals surface area contributed by atoms with Gasteiger partial charge in [-0.05, 0) is 55.3 Å². The fourth-order valence-electron chi connectivity index (χ4n) is 2.09. The molecule has 0 atom stereocenters. The van der Waals surface area contributed by atoms with Gasteiger partial charge in [-0.3, -0.25) is 0 Å². The Bertz CT molecular complexity index is 549. The molecule has 4 heteroatoms. The van der Waals surface area contributed by atoms with Gasteiger partial charge in [0, 0.05) is 12.6 Å². The van der Waals surface area contributed by atoms with Crippen LogP contribution in [0.3, 0.4) is 0 Å². The summed E-state index contributed by atoms with van der Waals surface area (Å²) in [6, 6.07) is 11.5. The molecule has 0 spiro atoms. The minimum atomic E-state index is -0.531. The molecule has 0 saturated heterocycles. The van der Waals surface area contributed by atoms with Gasteiger partial charge < -0.3 is 10.1 Å². The summed E-state index contributed by atoms with van der Waals surface area (Å²) in [5, 5.41) is 3.25. The van der Waals surface area contributed by atoms with Crippen LogP contribution in [-0.4, -0.2) is 13.2 Å². The van der Waals surface area contributed by atoms with Crippen LogP contribution in [0.15, 0.2) is 42.5 Å². The monoisotopic (exact) mass is 291 g/mol. The summed E-state index contributed by atoms with van der Waals surface area (Å²) in [5.74, 6) is -0.204. The van der Waals surface area contributed by atoms with Crippen molar-refractivity contribution >= 4 is 0 Å². The minimum absolute atomic E-state index is 0.531. The Morgan fingerprint density at radius 3 is 2.24 bits per heavy atom. The number of benzene rings is 2. The third kappa shape index (κ3) is 5.16. The van der Waals surface area contributed by atoms with Gasteiger partial charge in [-0.25, -0.2) is 8.78 Å². The van der Waals surface area contributed by atoms with Crippen LogP contribution in [-0.2, 0) is 13.0 Å². The minimum Gasteiger partial charge on any atom is -0.494 e. The summed E-state index contributed by atoms with van der Waals surface area (Å²) in [5.41, 5.74) is 1.80. The van der Waals surface area contributed by atoms with Gasteiger partial charge in [0.1, 0.15) is 17.4 Å². The number of halogens is 2. The number of ether oxygens (including phenoxy) is 1. The zero-order valence-electron chi connectivity index (χ0n) is 12.0. The van der Waals surface area contributed by atoms with Crippen LogP contribution in [0.2, 0.25) is 0 Å². The Morgan fingerprint density at radius 1 is 0.952 bits per heavy atom. The van der Waals surface area contributed by atoms with Crippen LogP contribution >= 0.6 is 0 Å². The lowest BCUT2D eigenvalue weighted by Crippen LogP contribution is -2.16. The molecule has 1 N–H and O–H groups in total. The van der Waals surface area contributed by atoms with E-state index in [2.05, 4.69) is 5.32 Å². The molecule has 0 radical (unpaired) electrons. The molecule has 0 unspecified atom stereocenters. The van der Waals surface area contributed by atoms with Gasteiger partial charge in [-0.15, -0.1) is 0 Å². The van der Waals surface area contributed by atoms with Gasteiger partial charge in [-0.2, -0.15) is 0 Å². The van der Waals surface area contributed by atoms with Crippen LogP contribution in [0, 0.1) is 11.6 Å². The first kappa shape index (κ1) is 15.4. The van der Waals surface area contributed by atoms with E-state index < -0.39 is 11.6 Å². The quantitative estimate of drug-likeness (QED) is 0.785. The Morgan fingerprint density at radius 2 is 1.62 bits per heavy atom. The van der Waals surface area contributed by atoms with Gasteiger partial charge in [0.25, 0.3) is 0 Å². The molecule has 0 aromatic heterocycles. The van der Waals surface area contributed by atoms with E-state index in [1.807, 2.05) is 31.2 Å². The zero-order chi connectivity index (χ0) is 15.1. The van der Waals surface area contributed by atoms with E-state index in [9.17, 15) is 8.78 Å². The normalized spacial score (nSPS) is 10.6. The van der Waals surface area contributed by atoms with E-state index in [1.54, 1.807) is 0 Å². The van der Waals surface area contributed by atoms with Gasteiger partial charge >= 0.3 is 0 Å². The molecule has 0 aliphatic heterocycles. The van der Waals surface area contributed by atoms with E-state index in [1.165, 1.54) is 12.1 Å². The molecule has 21 heavy (non-hydrogen) atoms. The number of hydrogen-bond donors (Lipinski definition) is 1. The van der Waals surface area contributed by atoms with E-state index in [0.717, 1.165) is 17.4 Å². The smallest absolute Gasteiger partial charge is 0.126 e. The van der Waals surface area contributed by atoms with E-state index in [4.69, 9.17) is 4.74 Å². The Hall–Kier alpha value is -1.94. The average Bonchev–Trinajstić information content (AvgIpc) is 2.45. The van der Waals surface area contributed by atoms with Crippen molar-refractivity contribution < 1.29 is 13.5 Å². The van der Waals surface area contributed by atoms with Gasteiger partial charge in [0.15, 0.2) is 0 Å². The molecule has 0 heterocycles. The summed E-state index contributed by atoms with van der Waals surface area (Å²) in [6.07, 6.45) is 0.589. The molecule has 0 fully saturated rings. The number of hydrogen-bond acceptors (Lipinski definition) is 2. The first-order chi connectivity index (χ1) is 10.2. The molecule has 2 aromatic rings. The number of rotatable bonds is 7. The maximum Gasteiger partial charge on any atom is 0.126 e. The molecule has 0 saturated carbocycles. The fourth-order valence-corrected chi connectivity index (χ4v) is 2.09. The molecule has 2 rings (SSSR count). The maximum absolute atomic E-state index is 13.0. The highest BCUT2D eigenvalue weighted by Gasteiger charge is 2.01. The van der Waals surface area contributed by atoms with Crippen molar-refractivity contribution in [2.24, 2.45) is 0 Å². The zero-order valence-corrected chi connectivity index (χ0v) is 12.0. The first-order valence-electron chi connectivity index (χ1n) is 7.05. The van der Waals surface area contributed by atoms with Crippen molar-refractivity contribution in [2.45, 2.75) is 19.9 Å². The third-order valence-corrected chi connectivity index (χ3v) is 3.08. The summed E-state index contributed by atoms with van der Waals surface area (Å²) < 4.78 is 31.4. The summed E-state index contributed by atoms with van der Waals surface area (Å²) in [7, 11) is 0. The first-order valence-corrected chi connectivity index (χ1v) is 7.05. The molecule has 0 amide bonds. The van der Waals surface area contributed by atoms with Crippen molar-refractivity contribution in [2.75, 3.05) is 13.2 Å². The van der Waals surface area contributed by atoms with Gasteiger partial charge in [0.2, 0.25) is 0 Å². The van der Waals surface area contributed by atoms with Crippen molar-refractivity contribution in [3.05, 3.63) is 65.2 Å². The Labute approximate surface area is 123 Å². The maximum atomic E-state index is 13.0. The summed E-state index contributed by atoms with van der Waals surface area (Å²) in [6.45, 7) is 3.98. The SMILES string of the molecule is CCOc1ccc(CNCCc2cc(F)cc(F)c2)cc1. The van der Waals surface area contributed by atoms with E-state index in [-0.39, 0.29) is 0 Å². The van der Waals surface area contributed by atoms with Crippen LogP contribution in [0.1, 0.15) is 18.1 Å². The molecular formula is C17H19F2NO. The van der Waals surface area contributed by atoms with Crippen molar-refractivity contribution in [1.29, 1.82) is 0 Å². The average molecular weight is 291 g/mol. The second-order valence-electron chi connectivity index (χ2n) is 4.78. The highest BCUT2D eigenvalue weighted by Crippen LogP contribution is 2.12. The lowest BCUT2D eigenvalue weighted by atomic mass is 10.1. The second kappa shape index (κ2) is 7.74. The van der Waals surface area contributed by atoms with Crippen molar-refractivity contribution in [3.63, 3.8) is 0 Å². The van der Waals surface area contributed by atoms with Crippen molar-refractivity contribution in [3.8, 4) is 5.75 Å². The predicted molar refractivity (Wildman–Crippen MR) is 79.4 cm³/mol. The largest absolute Gasteiger partial charge is 0.494 e. The van der Waals surface area contributed by atoms with Crippen LogP contribution in [0.4, 0.5) is 8.78 Å². The topological polar surface area (TPSA) is 21.3 Å². The molecule has 2 aromatic carbocycles. The number of nitrogens with one attached hydrogen (secondary N) is 1. The fraction of sp³-hybridized carbons (Fsp3) is 0.294. The molecule has 0 bridgehead atoms. The van der Waals surface area contributed by atoms with Gasteiger partial charge in [0.05, 0.1) is 6.61 Å². The summed E-state index contributed by atoms with van der Waals surface area (Å²) in [4.78, 5) is 0.